The number of carbonyl (C=O) groups is 1. The maximum atomic E-state index is 14.0. The highest BCUT2D eigenvalue weighted by atomic mass is 19.1. The van der Waals surface area contributed by atoms with E-state index in [1.807, 2.05) is 24.4 Å². The van der Waals surface area contributed by atoms with Crippen molar-refractivity contribution in [3.63, 3.8) is 0 Å². The zero-order chi connectivity index (χ0) is 19.3. The normalized spacial score (nSPS) is 16.5. The molecular weight excluding hydrogens is 357 g/mol. The molecule has 0 radical (unpaired) electrons. The third-order valence-electron chi connectivity index (χ3n) is 4.91. The fourth-order valence-corrected chi connectivity index (χ4v) is 3.61. The van der Waals surface area contributed by atoms with Gasteiger partial charge in [0, 0.05) is 56.9 Å². The van der Waals surface area contributed by atoms with E-state index in [1.165, 1.54) is 6.07 Å². The summed E-state index contributed by atoms with van der Waals surface area (Å²) in [4.78, 5) is 17.9. The van der Waals surface area contributed by atoms with Crippen LogP contribution >= 0.6 is 0 Å². The fourth-order valence-electron chi connectivity index (χ4n) is 3.61. The number of benzene rings is 1. The van der Waals surface area contributed by atoms with Gasteiger partial charge in [-0.2, -0.15) is 5.10 Å². The molecule has 1 aromatic carbocycles. The second-order valence-electron chi connectivity index (χ2n) is 7.05. The summed E-state index contributed by atoms with van der Waals surface area (Å²) in [7, 11) is 0. The molecule has 28 heavy (non-hydrogen) atoms. The summed E-state index contributed by atoms with van der Waals surface area (Å²) in [5.74, 6) is -0.180. The van der Waals surface area contributed by atoms with E-state index in [9.17, 15) is 9.18 Å². The number of nitrogens with zero attached hydrogens (tertiary/aromatic N) is 4. The van der Waals surface area contributed by atoms with Crippen LogP contribution in [0.1, 0.15) is 24.0 Å². The molecule has 3 heterocycles. The van der Waals surface area contributed by atoms with Gasteiger partial charge in [0.05, 0.1) is 5.69 Å². The van der Waals surface area contributed by atoms with Gasteiger partial charge in [-0.15, -0.1) is 0 Å². The van der Waals surface area contributed by atoms with Crippen LogP contribution in [-0.2, 0) is 17.9 Å². The third-order valence-corrected chi connectivity index (χ3v) is 4.91. The molecule has 0 aliphatic carbocycles. The van der Waals surface area contributed by atoms with Gasteiger partial charge in [-0.1, -0.05) is 0 Å². The van der Waals surface area contributed by atoms with E-state index in [1.54, 1.807) is 35.4 Å². The maximum absolute atomic E-state index is 14.0. The van der Waals surface area contributed by atoms with Gasteiger partial charge >= 0.3 is 0 Å². The molecule has 1 N–H and O–H groups in total. The fraction of sp³-hybridized carbons (Fsp3) is 0.286. The number of amides is 1. The molecule has 1 aliphatic heterocycles. The van der Waals surface area contributed by atoms with Crippen LogP contribution in [0.2, 0.25) is 0 Å². The van der Waals surface area contributed by atoms with Crippen LogP contribution in [0.15, 0.2) is 61.2 Å². The van der Waals surface area contributed by atoms with Crippen LogP contribution in [-0.4, -0.2) is 38.2 Å². The first-order chi connectivity index (χ1) is 13.7. The Balaban J connectivity index is 1.59. The molecular formula is C21H22FN5O. The van der Waals surface area contributed by atoms with E-state index in [4.69, 9.17) is 0 Å². The molecule has 1 saturated heterocycles. The van der Waals surface area contributed by atoms with E-state index >= 15 is 0 Å². The summed E-state index contributed by atoms with van der Waals surface area (Å²) in [6.07, 6.45) is 8.47. The molecule has 144 valence electrons. The molecule has 0 spiro atoms. The number of nitrogens with one attached hydrogen (secondary N) is 1. The van der Waals surface area contributed by atoms with Gasteiger partial charge in [-0.05, 0) is 53.9 Å². The summed E-state index contributed by atoms with van der Waals surface area (Å²) in [5.41, 5.74) is 2.82. The molecule has 0 unspecified atom stereocenters. The standard InChI is InChI=1S/C21H22FN5O/c22-18-2-4-20(27-11-1-8-24-27)17(12-18)14-26(13-16-6-9-23-10-7-16)15-19-3-5-21(28)25-19/h1-2,4,6-12,19H,3,5,13-15H2,(H,25,28)/t19-/m0/s1. The number of halogens is 1. The second kappa shape index (κ2) is 8.31. The van der Waals surface area contributed by atoms with E-state index in [0.717, 1.165) is 23.2 Å². The van der Waals surface area contributed by atoms with Crippen molar-refractivity contribution in [3.05, 3.63) is 78.1 Å². The quantitative estimate of drug-likeness (QED) is 0.686. The van der Waals surface area contributed by atoms with Crippen LogP contribution in [0.3, 0.4) is 0 Å². The number of rotatable bonds is 7. The molecule has 0 bridgehead atoms. The lowest BCUT2D eigenvalue weighted by Crippen LogP contribution is -2.38. The lowest BCUT2D eigenvalue weighted by molar-refractivity contribution is -0.119. The second-order valence-corrected chi connectivity index (χ2v) is 7.05. The Morgan fingerprint density at radius 1 is 1.18 bits per heavy atom. The number of aromatic nitrogens is 3. The lowest BCUT2D eigenvalue weighted by Gasteiger charge is -2.26. The Morgan fingerprint density at radius 3 is 2.75 bits per heavy atom. The Hall–Kier alpha value is -3.06. The third kappa shape index (κ3) is 4.43. The molecule has 1 fully saturated rings. The Kier molecular flexibility index (Phi) is 5.43. The van der Waals surface area contributed by atoms with Crippen molar-refractivity contribution in [2.24, 2.45) is 0 Å². The van der Waals surface area contributed by atoms with E-state index < -0.39 is 0 Å². The minimum absolute atomic E-state index is 0.0943. The van der Waals surface area contributed by atoms with Gasteiger partial charge in [0.1, 0.15) is 5.82 Å². The molecule has 0 saturated carbocycles. The summed E-state index contributed by atoms with van der Waals surface area (Å²) in [6.45, 7) is 1.93. The molecule has 2 aromatic heterocycles. The van der Waals surface area contributed by atoms with Crippen LogP contribution in [0.5, 0.6) is 0 Å². The van der Waals surface area contributed by atoms with Gasteiger partial charge < -0.3 is 5.32 Å². The number of hydrogen-bond donors (Lipinski definition) is 1. The van der Waals surface area contributed by atoms with Gasteiger partial charge in [0.25, 0.3) is 0 Å². The van der Waals surface area contributed by atoms with Crippen molar-refractivity contribution in [1.29, 1.82) is 0 Å². The molecule has 6 nitrogen and oxygen atoms in total. The largest absolute Gasteiger partial charge is 0.352 e. The molecule has 1 amide bonds. The first-order valence-electron chi connectivity index (χ1n) is 9.36. The first-order valence-corrected chi connectivity index (χ1v) is 9.36. The van der Waals surface area contributed by atoms with Crippen molar-refractivity contribution in [3.8, 4) is 5.69 Å². The maximum Gasteiger partial charge on any atom is 0.220 e. The summed E-state index contributed by atoms with van der Waals surface area (Å²) in [6, 6.07) is 10.7. The van der Waals surface area contributed by atoms with Crippen LogP contribution in [0, 0.1) is 5.82 Å². The van der Waals surface area contributed by atoms with E-state index in [-0.39, 0.29) is 17.8 Å². The monoisotopic (exact) mass is 379 g/mol. The highest BCUT2D eigenvalue weighted by Crippen LogP contribution is 2.20. The highest BCUT2D eigenvalue weighted by Gasteiger charge is 2.24. The van der Waals surface area contributed by atoms with Gasteiger partial charge in [0.2, 0.25) is 5.91 Å². The first kappa shape index (κ1) is 18.3. The zero-order valence-electron chi connectivity index (χ0n) is 15.5. The zero-order valence-corrected chi connectivity index (χ0v) is 15.5. The summed E-state index contributed by atoms with van der Waals surface area (Å²) < 4.78 is 15.8. The Morgan fingerprint density at radius 2 is 2.04 bits per heavy atom. The topological polar surface area (TPSA) is 63.1 Å². The van der Waals surface area contributed by atoms with Gasteiger partial charge in [-0.3, -0.25) is 14.7 Å². The smallest absolute Gasteiger partial charge is 0.220 e. The number of pyridine rings is 1. The van der Waals surface area contributed by atoms with Crippen molar-refractivity contribution in [1.82, 2.24) is 25.0 Å². The van der Waals surface area contributed by atoms with Gasteiger partial charge in [-0.25, -0.2) is 9.07 Å². The molecule has 1 atom stereocenters. The molecule has 7 heteroatoms. The van der Waals surface area contributed by atoms with Crippen molar-refractivity contribution in [2.75, 3.05) is 6.54 Å². The predicted octanol–water partition coefficient (Wildman–Crippen LogP) is 2.69. The average molecular weight is 379 g/mol. The minimum atomic E-state index is -0.274. The van der Waals surface area contributed by atoms with Crippen LogP contribution in [0.25, 0.3) is 5.69 Å². The summed E-state index contributed by atoms with van der Waals surface area (Å²) >= 11 is 0. The van der Waals surface area contributed by atoms with E-state index in [2.05, 4.69) is 20.3 Å². The molecule has 1 aliphatic rings. The Bertz CT molecular complexity index is 929. The summed E-state index contributed by atoms with van der Waals surface area (Å²) in [5, 5.41) is 7.32. The molecule has 3 aromatic rings. The lowest BCUT2D eigenvalue weighted by atomic mass is 10.1. The number of carbonyl (C=O) groups excluding carboxylic acids is 1. The highest BCUT2D eigenvalue weighted by molar-refractivity contribution is 5.78. The minimum Gasteiger partial charge on any atom is -0.352 e. The predicted molar refractivity (Wildman–Crippen MR) is 103 cm³/mol. The van der Waals surface area contributed by atoms with Crippen molar-refractivity contribution < 1.29 is 9.18 Å². The van der Waals surface area contributed by atoms with Crippen molar-refractivity contribution >= 4 is 5.91 Å². The molecule has 4 rings (SSSR count). The van der Waals surface area contributed by atoms with Crippen LogP contribution in [0.4, 0.5) is 4.39 Å². The van der Waals surface area contributed by atoms with E-state index in [0.29, 0.717) is 26.1 Å². The number of hydrogen-bond acceptors (Lipinski definition) is 4. The van der Waals surface area contributed by atoms with Crippen LogP contribution < -0.4 is 5.32 Å². The average Bonchev–Trinajstić information content (AvgIpc) is 3.35. The SMILES string of the molecule is O=C1CC[C@@H](CN(Cc2ccncc2)Cc2cc(F)ccc2-n2cccn2)N1. The van der Waals surface area contributed by atoms with Gasteiger partial charge in [0.15, 0.2) is 0 Å². The van der Waals surface area contributed by atoms with Crippen molar-refractivity contribution in [2.45, 2.75) is 32.0 Å². The Labute approximate surface area is 163 Å².